The molecule has 0 saturated heterocycles. The van der Waals surface area contributed by atoms with Crippen LogP contribution in [0.1, 0.15) is 78.1 Å². The maximum Gasteiger partial charge on any atom is 0.337 e. The quantitative estimate of drug-likeness (QED) is 0.184. The standard InChI is InChI=1S/C20H46O4Si2/c1-7-9-13-17-25(21-3,22-4)19-15-11-12-16-20-26(23-5,24-6)18-14-10-8-2/h7-20H2,1-6H3. The maximum atomic E-state index is 5.87. The van der Waals surface area contributed by atoms with E-state index in [0.717, 1.165) is 24.2 Å². The van der Waals surface area contributed by atoms with Crippen molar-refractivity contribution >= 4 is 17.1 Å². The fourth-order valence-electron chi connectivity index (χ4n) is 3.66. The molecule has 0 heterocycles. The number of rotatable bonds is 19. The molecule has 0 amide bonds. The summed E-state index contributed by atoms with van der Waals surface area (Å²) in [7, 11) is 3.46. The highest BCUT2D eigenvalue weighted by Gasteiger charge is 2.35. The van der Waals surface area contributed by atoms with Crippen LogP contribution in [0.25, 0.3) is 0 Å². The number of hydrogen-bond acceptors (Lipinski definition) is 4. The summed E-state index contributed by atoms with van der Waals surface area (Å²) in [5, 5.41) is 0. The van der Waals surface area contributed by atoms with E-state index in [1.165, 1.54) is 64.2 Å². The SMILES string of the molecule is CCCCC[Si](CCCCCC[Si](CCCCC)(OC)OC)(OC)OC. The van der Waals surface area contributed by atoms with E-state index < -0.39 is 17.1 Å². The minimum Gasteiger partial charge on any atom is -0.398 e. The Morgan fingerprint density at radius 1 is 0.423 bits per heavy atom. The number of unbranched alkanes of at least 4 members (excludes halogenated alkanes) is 7. The highest BCUT2D eigenvalue weighted by molar-refractivity contribution is 6.67. The van der Waals surface area contributed by atoms with E-state index in [9.17, 15) is 0 Å². The molecule has 4 nitrogen and oxygen atoms in total. The largest absolute Gasteiger partial charge is 0.398 e. The van der Waals surface area contributed by atoms with Gasteiger partial charge in [0.05, 0.1) is 0 Å². The lowest BCUT2D eigenvalue weighted by Crippen LogP contribution is -2.40. The first-order valence-electron chi connectivity index (χ1n) is 10.8. The molecule has 0 bridgehead atoms. The van der Waals surface area contributed by atoms with E-state index in [4.69, 9.17) is 17.7 Å². The second kappa shape index (κ2) is 16.2. The van der Waals surface area contributed by atoms with Gasteiger partial charge >= 0.3 is 17.1 Å². The van der Waals surface area contributed by atoms with Crippen LogP contribution in [0.4, 0.5) is 0 Å². The monoisotopic (exact) mass is 406 g/mol. The van der Waals surface area contributed by atoms with Gasteiger partial charge in [0.15, 0.2) is 0 Å². The summed E-state index contributed by atoms with van der Waals surface area (Å²) in [6.07, 6.45) is 12.5. The van der Waals surface area contributed by atoms with E-state index in [2.05, 4.69) is 13.8 Å². The Hall–Kier alpha value is 0.274. The van der Waals surface area contributed by atoms with Gasteiger partial charge in [-0.1, -0.05) is 78.1 Å². The van der Waals surface area contributed by atoms with Crippen LogP contribution in [0.15, 0.2) is 0 Å². The van der Waals surface area contributed by atoms with Crippen molar-refractivity contribution in [1.82, 2.24) is 0 Å². The minimum atomic E-state index is -1.95. The summed E-state index contributed by atoms with van der Waals surface area (Å²) < 4.78 is 23.5. The third-order valence-electron chi connectivity index (χ3n) is 5.68. The van der Waals surface area contributed by atoms with Crippen molar-refractivity contribution in [2.75, 3.05) is 28.4 Å². The molecule has 6 heteroatoms. The first-order chi connectivity index (χ1) is 12.6. The van der Waals surface area contributed by atoms with Crippen molar-refractivity contribution in [3.05, 3.63) is 0 Å². The van der Waals surface area contributed by atoms with Gasteiger partial charge in [-0.3, -0.25) is 0 Å². The molecule has 0 aliphatic heterocycles. The molecule has 0 rings (SSSR count). The van der Waals surface area contributed by atoms with Crippen molar-refractivity contribution in [2.24, 2.45) is 0 Å². The molecule has 0 aromatic carbocycles. The Kier molecular flexibility index (Phi) is 16.4. The van der Waals surface area contributed by atoms with Crippen LogP contribution < -0.4 is 0 Å². The second-order valence-electron chi connectivity index (χ2n) is 7.47. The third-order valence-corrected chi connectivity index (χ3v) is 13.1. The van der Waals surface area contributed by atoms with E-state index in [-0.39, 0.29) is 0 Å². The summed E-state index contributed by atoms with van der Waals surface area (Å²) in [6, 6.07) is 4.51. The van der Waals surface area contributed by atoms with Gasteiger partial charge in [-0.15, -0.1) is 0 Å². The van der Waals surface area contributed by atoms with Crippen LogP contribution in [0.5, 0.6) is 0 Å². The fraction of sp³-hybridized carbons (Fsp3) is 1.00. The molecule has 158 valence electrons. The summed E-state index contributed by atoms with van der Waals surface area (Å²) in [5.41, 5.74) is 0. The zero-order chi connectivity index (χ0) is 19.7. The van der Waals surface area contributed by atoms with E-state index in [1.807, 2.05) is 28.4 Å². The van der Waals surface area contributed by atoms with Crippen molar-refractivity contribution in [2.45, 2.75) is 102 Å². The average molecular weight is 407 g/mol. The first-order valence-corrected chi connectivity index (χ1v) is 15.2. The van der Waals surface area contributed by atoms with E-state index in [1.54, 1.807) is 0 Å². The number of hydrogen-bond donors (Lipinski definition) is 0. The van der Waals surface area contributed by atoms with Crippen molar-refractivity contribution in [3.8, 4) is 0 Å². The van der Waals surface area contributed by atoms with Crippen LogP contribution in [0.3, 0.4) is 0 Å². The molecule has 0 aromatic heterocycles. The Balaban J connectivity index is 4.13. The van der Waals surface area contributed by atoms with Crippen LogP contribution in [-0.4, -0.2) is 45.6 Å². The molecule has 0 spiro atoms. The smallest absolute Gasteiger partial charge is 0.337 e. The lowest BCUT2D eigenvalue weighted by atomic mass is 10.2. The first kappa shape index (κ1) is 26.3. The predicted molar refractivity (Wildman–Crippen MR) is 116 cm³/mol. The van der Waals surface area contributed by atoms with Crippen molar-refractivity contribution in [3.63, 3.8) is 0 Å². The third kappa shape index (κ3) is 10.6. The van der Waals surface area contributed by atoms with Gasteiger partial charge in [-0.2, -0.15) is 0 Å². The summed E-state index contributed by atoms with van der Waals surface area (Å²) in [6.45, 7) is 4.49. The Bertz CT molecular complexity index is 278. The maximum absolute atomic E-state index is 5.87. The summed E-state index contributed by atoms with van der Waals surface area (Å²) in [5.74, 6) is 0. The highest BCUT2D eigenvalue weighted by Crippen LogP contribution is 2.27. The van der Waals surface area contributed by atoms with Gasteiger partial charge in [0.25, 0.3) is 0 Å². The zero-order valence-electron chi connectivity index (χ0n) is 18.5. The van der Waals surface area contributed by atoms with Crippen LogP contribution in [0.2, 0.25) is 24.2 Å². The lowest BCUT2D eigenvalue weighted by molar-refractivity contribution is 0.236. The molecule has 0 radical (unpaired) electrons. The Morgan fingerprint density at radius 2 is 0.692 bits per heavy atom. The Morgan fingerprint density at radius 3 is 0.923 bits per heavy atom. The van der Waals surface area contributed by atoms with Gasteiger partial charge < -0.3 is 17.7 Å². The minimum absolute atomic E-state index is 1.12. The van der Waals surface area contributed by atoms with Gasteiger partial charge in [0, 0.05) is 28.4 Å². The zero-order valence-corrected chi connectivity index (χ0v) is 20.5. The molecule has 0 N–H and O–H groups in total. The van der Waals surface area contributed by atoms with Gasteiger partial charge in [0.1, 0.15) is 0 Å². The second-order valence-corrected chi connectivity index (χ2v) is 14.7. The molecule has 0 saturated carbocycles. The lowest BCUT2D eigenvalue weighted by Gasteiger charge is -2.28. The highest BCUT2D eigenvalue weighted by atomic mass is 28.4. The molecule has 0 atom stereocenters. The average Bonchev–Trinajstić information content (AvgIpc) is 2.68. The molecular formula is C20H46O4Si2. The van der Waals surface area contributed by atoms with Crippen LogP contribution in [-0.2, 0) is 17.7 Å². The molecular weight excluding hydrogens is 360 g/mol. The summed E-state index contributed by atoms with van der Waals surface area (Å²) in [4.78, 5) is 0. The molecule has 0 aliphatic rings. The molecule has 0 fully saturated rings. The normalized spacial score (nSPS) is 12.7. The molecule has 0 unspecified atom stereocenters. The van der Waals surface area contributed by atoms with Gasteiger partial charge in [-0.25, -0.2) is 0 Å². The topological polar surface area (TPSA) is 36.9 Å². The van der Waals surface area contributed by atoms with Crippen LogP contribution in [0, 0.1) is 0 Å². The van der Waals surface area contributed by atoms with Crippen LogP contribution >= 0.6 is 0 Å². The van der Waals surface area contributed by atoms with E-state index >= 15 is 0 Å². The van der Waals surface area contributed by atoms with Gasteiger partial charge in [-0.05, 0) is 24.2 Å². The Labute approximate surface area is 165 Å². The van der Waals surface area contributed by atoms with E-state index in [0.29, 0.717) is 0 Å². The molecule has 26 heavy (non-hydrogen) atoms. The van der Waals surface area contributed by atoms with Crippen molar-refractivity contribution in [1.29, 1.82) is 0 Å². The molecule has 0 aromatic rings. The fourth-order valence-corrected chi connectivity index (χ4v) is 9.29. The van der Waals surface area contributed by atoms with Crippen molar-refractivity contribution < 1.29 is 17.7 Å². The van der Waals surface area contributed by atoms with Gasteiger partial charge in [0.2, 0.25) is 0 Å². The summed E-state index contributed by atoms with van der Waals surface area (Å²) >= 11 is 0. The predicted octanol–water partition coefficient (Wildman–Crippen LogP) is 6.40. The molecule has 0 aliphatic carbocycles.